The molecule has 0 spiro atoms. The molecule has 2 radical (unpaired) electrons. The van der Waals surface area contributed by atoms with E-state index in [1.54, 1.807) is 12.1 Å². The maximum Gasteiger partial charge on any atom is 0.323 e. The monoisotopic (exact) mass is 393 g/mol. The van der Waals surface area contributed by atoms with E-state index < -0.39 is 11.5 Å². The van der Waals surface area contributed by atoms with Crippen molar-refractivity contribution < 1.29 is 9.90 Å². The van der Waals surface area contributed by atoms with Crippen LogP contribution in [0.15, 0.2) is 24.3 Å². The molecule has 1 aromatic carbocycles. The van der Waals surface area contributed by atoms with E-state index in [0.29, 0.717) is 48.8 Å². The Labute approximate surface area is 166 Å². The standard InChI is InChI=1S/C18H25BClN3O2S/c19-10-2-1-9-18(21,16(24)25)13-7-11-23(12-8-13)17(26)22-15-5-3-14(20)4-6-15/h3-6,13H,1-2,7-12,21H2,(H,22,26)(H,24,25). The molecular weight excluding hydrogens is 369 g/mol. The summed E-state index contributed by atoms with van der Waals surface area (Å²) < 4.78 is 0. The number of unbranched alkanes of at least 4 members (excludes halogenated alkanes) is 1. The Morgan fingerprint density at radius 2 is 1.96 bits per heavy atom. The van der Waals surface area contributed by atoms with Crippen molar-refractivity contribution in [3.8, 4) is 0 Å². The smallest absolute Gasteiger partial charge is 0.323 e. The molecule has 2 rings (SSSR count). The molecule has 1 unspecified atom stereocenters. The number of carboxylic acid groups (broad SMARTS) is 1. The summed E-state index contributed by atoms with van der Waals surface area (Å²) in [5.74, 6) is -0.984. The summed E-state index contributed by atoms with van der Waals surface area (Å²) in [7, 11) is 5.51. The highest BCUT2D eigenvalue weighted by Gasteiger charge is 2.43. The van der Waals surface area contributed by atoms with Crippen LogP contribution >= 0.6 is 23.8 Å². The van der Waals surface area contributed by atoms with Crippen LogP contribution < -0.4 is 11.1 Å². The van der Waals surface area contributed by atoms with E-state index in [2.05, 4.69) is 10.2 Å². The van der Waals surface area contributed by atoms with Crippen LogP contribution in [0.2, 0.25) is 11.3 Å². The fraction of sp³-hybridized carbons (Fsp3) is 0.556. The largest absolute Gasteiger partial charge is 0.480 e. The van der Waals surface area contributed by atoms with E-state index in [1.807, 2.05) is 12.1 Å². The number of likely N-dealkylation sites (tertiary alicyclic amines) is 1. The van der Waals surface area contributed by atoms with Gasteiger partial charge in [-0.2, -0.15) is 0 Å². The van der Waals surface area contributed by atoms with Gasteiger partial charge in [0.25, 0.3) is 0 Å². The average Bonchev–Trinajstić information content (AvgIpc) is 2.63. The number of anilines is 1. The minimum atomic E-state index is -1.19. The van der Waals surface area contributed by atoms with Crippen molar-refractivity contribution in [2.24, 2.45) is 11.7 Å². The lowest BCUT2D eigenvalue weighted by Crippen LogP contribution is -2.57. The number of benzene rings is 1. The number of hydrogen-bond acceptors (Lipinski definition) is 3. The molecule has 4 N–H and O–H groups in total. The molecule has 1 aromatic rings. The van der Waals surface area contributed by atoms with Gasteiger partial charge in [0, 0.05) is 23.8 Å². The highest BCUT2D eigenvalue weighted by molar-refractivity contribution is 7.80. The Morgan fingerprint density at radius 3 is 2.50 bits per heavy atom. The highest BCUT2D eigenvalue weighted by atomic mass is 35.5. The average molecular weight is 394 g/mol. The van der Waals surface area contributed by atoms with Crippen LogP contribution in [0.4, 0.5) is 5.69 Å². The number of rotatable bonds is 7. The molecule has 1 heterocycles. The van der Waals surface area contributed by atoms with Crippen molar-refractivity contribution >= 4 is 48.4 Å². The van der Waals surface area contributed by atoms with E-state index in [0.717, 1.165) is 18.5 Å². The summed E-state index contributed by atoms with van der Waals surface area (Å²) in [6.07, 6.45) is 3.94. The van der Waals surface area contributed by atoms with E-state index in [4.69, 9.17) is 37.4 Å². The minimum absolute atomic E-state index is 0.0626. The fourth-order valence-corrected chi connectivity index (χ4v) is 3.81. The maximum absolute atomic E-state index is 11.8. The van der Waals surface area contributed by atoms with Crippen molar-refractivity contribution in [1.29, 1.82) is 0 Å². The van der Waals surface area contributed by atoms with Gasteiger partial charge in [-0.3, -0.25) is 4.79 Å². The summed E-state index contributed by atoms with van der Waals surface area (Å²) in [5.41, 5.74) is 5.98. The number of nitrogens with two attached hydrogens (primary N) is 1. The maximum atomic E-state index is 11.8. The second-order valence-corrected chi connectivity index (χ2v) is 7.61. The van der Waals surface area contributed by atoms with Crippen molar-refractivity contribution in [2.45, 2.75) is 44.0 Å². The van der Waals surface area contributed by atoms with Gasteiger partial charge in [0.2, 0.25) is 0 Å². The lowest BCUT2D eigenvalue weighted by Gasteiger charge is -2.40. The number of aliphatic carboxylic acids is 1. The van der Waals surface area contributed by atoms with Gasteiger partial charge in [-0.15, -0.1) is 0 Å². The zero-order valence-electron chi connectivity index (χ0n) is 14.8. The first kappa shape index (κ1) is 21.0. The van der Waals surface area contributed by atoms with Gasteiger partial charge >= 0.3 is 5.97 Å². The summed E-state index contributed by atoms with van der Waals surface area (Å²) in [4.78, 5) is 13.8. The van der Waals surface area contributed by atoms with Crippen molar-refractivity contribution in [1.82, 2.24) is 4.90 Å². The Morgan fingerprint density at radius 1 is 1.35 bits per heavy atom. The first-order chi connectivity index (χ1) is 12.4. The van der Waals surface area contributed by atoms with E-state index in [1.165, 1.54) is 0 Å². The molecule has 0 aliphatic carbocycles. The number of halogens is 1. The van der Waals surface area contributed by atoms with Crippen LogP contribution in [0.5, 0.6) is 0 Å². The van der Waals surface area contributed by atoms with E-state index >= 15 is 0 Å². The molecule has 26 heavy (non-hydrogen) atoms. The Kier molecular flexibility index (Phi) is 7.74. The third kappa shape index (κ3) is 5.35. The molecule has 140 valence electrons. The molecule has 1 saturated heterocycles. The zero-order valence-corrected chi connectivity index (χ0v) is 16.4. The SMILES string of the molecule is [B]CCCCC(N)(C(=O)O)C1CCN(C(=S)Nc2ccc(Cl)cc2)CC1. The summed E-state index contributed by atoms with van der Waals surface area (Å²) in [6.45, 7) is 1.38. The number of nitrogens with zero attached hydrogens (tertiary/aromatic N) is 1. The van der Waals surface area contributed by atoms with Crippen LogP contribution in [-0.2, 0) is 4.79 Å². The second-order valence-electron chi connectivity index (χ2n) is 6.79. The van der Waals surface area contributed by atoms with Crippen LogP contribution in [0.25, 0.3) is 0 Å². The van der Waals surface area contributed by atoms with Crippen LogP contribution in [0.3, 0.4) is 0 Å². The predicted molar refractivity (Wildman–Crippen MR) is 111 cm³/mol. The van der Waals surface area contributed by atoms with Gasteiger partial charge in [0.1, 0.15) is 5.54 Å². The summed E-state index contributed by atoms with van der Waals surface area (Å²) in [5, 5.41) is 14.2. The number of piperidine rings is 1. The van der Waals surface area contributed by atoms with Crippen molar-refractivity contribution in [3.05, 3.63) is 29.3 Å². The molecule has 0 saturated carbocycles. The fourth-order valence-electron chi connectivity index (χ4n) is 3.38. The normalized spacial score (nSPS) is 17.5. The van der Waals surface area contributed by atoms with E-state index in [-0.39, 0.29) is 5.92 Å². The zero-order chi connectivity index (χ0) is 19.2. The minimum Gasteiger partial charge on any atom is -0.480 e. The summed E-state index contributed by atoms with van der Waals surface area (Å²) >= 11 is 11.4. The number of hydrogen-bond donors (Lipinski definition) is 3. The van der Waals surface area contributed by atoms with Crippen molar-refractivity contribution in [3.63, 3.8) is 0 Å². The Bertz CT molecular complexity index is 623. The quantitative estimate of drug-likeness (QED) is 0.375. The number of thiocarbonyl (C=S) groups is 1. The van der Waals surface area contributed by atoms with Gasteiger partial charge in [-0.25, -0.2) is 0 Å². The van der Waals surface area contributed by atoms with Crippen LogP contribution in [-0.4, -0.2) is 47.6 Å². The molecule has 1 aliphatic rings. The third-order valence-electron chi connectivity index (χ3n) is 5.05. The molecule has 1 fully saturated rings. The first-order valence-electron chi connectivity index (χ1n) is 8.90. The lowest BCUT2D eigenvalue weighted by molar-refractivity contribution is -0.146. The lowest BCUT2D eigenvalue weighted by atomic mass is 9.75. The predicted octanol–water partition coefficient (Wildman–Crippen LogP) is 3.29. The molecule has 0 aromatic heterocycles. The van der Waals surface area contributed by atoms with Crippen LogP contribution in [0.1, 0.15) is 32.1 Å². The van der Waals surface area contributed by atoms with Crippen molar-refractivity contribution in [2.75, 3.05) is 18.4 Å². The van der Waals surface area contributed by atoms with E-state index in [9.17, 15) is 9.90 Å². The molecular formula is C18H25BClN3O2S. The Balaban J connectivity index is 1.91. The molecule has 1 atom stereocenters. The van der Waals surface area contributed by atoms with Gasteiger partial charge in [-0.1, -0.05) is 30.8 Å². The van der Waals surface area contributed by atoms with Crippen LogP contribution in [0, 0.1) is 5.92 Å². The molecule has 1 aliphatic heterocycles. The second kappa shape index (κ2) is 9.58. The molecule has 5 nitrogen and oxygen atoms in total. The van der Waals surface area contributed by atoms with Gasteiger partial charge in [0.15, 0.2) is 5.11 Å². The topological polar surface area (TPSA) is 78.6 Å². The third-order valence-corrected chi connectivity index (χ3v) is 5.66. The Hall–Kier alpha value is -1.31. The number of carboxylic acids is 1. The first-order valence-corrected chi connectivity index (χ1v) is 9.69. The number of nitrogens with one attached hydrogen (secondary N) is 1. The summed E-state index contributed by atoms with van der Waals surface area (Å²) in [6, 6.07) is 7.34. The molecule has 0 bridgehead atoms. The van der Waals surface area contributed by atoms with Gasteiger partial charge in [-0.05, 0) is 61.7 Å². The highest BCUT2D eigenvalue weighted by Crippen LogP contribution is 2.31. The number of carbonyl (C=O) groups is 1. The molecule has 0 amide bonds. The van der Waals surface area contributed by atoms with Gasteiger partial charge < -0.3 is 21.1 Å². The van der Waals surface area contributed by atoms with Gasteiger partial charge in [0.05, 0.1) is 7.85 Å². The molecule has 8 heteroatoms.